The first-order valence-corrected chi connectivity index (χ1v) is 9.60. The van der Waals surface area contributed by atoms with Crippen LogP contribution in [0.15, 0.2) is 23.8 Å². The van der Waals surface area contributed by atoms with Crippen LogP contribution < -0.4 is 0 Å². The van der Waals surface area contributed by atoms with E-state index in [0.29, 0.717) is 5.92 Å². The summed E-state index contributed by atoms with van der Waals surface area (Å²) in [7, 11) is 0. The molecule has 0 aromatic rings. The predicted octanol–water partition coefficient (Wildman–Crippen LogP) is 6.39. The highest BCUT2D eigenvalue weighted by atomic mass is 19.3. The minimum absolute atomic E-state index is 0.132. The second-order valence-electron chi connectivity index (χ2n) is 9.01. The minimum atomic E-state index is -2.13. The van der Waals surface area contributed by atoms with Gasteiger partial charge in [-0.15, -0.1) is 0 Å². The first kappa shape index (κ1) is 15.8. The summed E-state index contributed by atoms with van der Waals surface area (Å²) < 4.78 is 26.0. The number of rotatable bonds is 2. The zero-order valence-electron chi connectivity index (χ0n) is 14.5. The number of hydrogen-bond donors (Lipinski definition) is 0. The van der Waals surface area contributed by atoms with Gasteiger partial charge in [0.1, 0.15) is 0 Å². The van der Waals surface area contributed by atoms with Gasteiger partial charge in [0, 0.05) is 11.8 Å². The Hall–Kier alpha value is -0.660. The summed E-state index contributed by atoms with van der Waals surface area (Å²) in [5, 5.41) is 0. The third-order valence-corrected chi connectivity index (χ3v) is 8.27. The van der Waals surface area contributed by atoms with Crippen LogP contribution in [-0.4, -0.2) is 6.43 Å². The lowest BCUT2D eigenvalue weighted by atomic mass is 9.47. The summed E-state index contributed by atoms with van der Waals surface area (Å²) in [5.41, 5.74) is 2.09. The summed E-state index contributed by atoms with van der Waals surface area (Å²) in [6, 6.07) is 0. The Labute approximate surface area is 139 Å². The molecule has 0 spiro atoms. The van der Waals surface area contributed by atoms with Crippen molar-refractivity contribution in [3.8, 4) is 0 Å². The van der Waals surface area contributed by atoms with Gasteiger partial charge in [0.05, 0.1) is 0 Å². The van der Waals surface area contributed by atoms with Crippen LogP contribution >= 0.6 is 0 Å². The van der Waals surface area contributed by atoms with Crippen LogP contribution in [0.2, 0.25) is 0 Å². The van der Waals surface area contributed by atoms with Crippen LogP contribution in [0, 0.1) is 34.5 Å². The second-order valence-corrected chi connectivity index (χ2v) is 9.01. The van der Waals surface area contributed by atoms with E-state index in [4.69, 9.17) is 0 Å². The van der Waals surface area contributed by atoms with Crippen molar-refractivity contribution >= 4 is 0 Å². The molecule has 4 aliphatic carbocycles. The maximum Gasteiger partial charge on any atom is 0.238 e. The third-order valence-electron chi connectivity index (χ3n) is 8.27. The van der Waals surface area contributed by atoms with E-state index in [1.807, 2.05) is 0 Å². The molecule has 0 amide bonds. The van der Waals surface area contributed by atoms with Crippen LogP contribution in [0.5, 0.6) is 0 Å². The molecule has 0 saturated heterocycles. The molecule has 2 heteroatoms. The van der Waals surface area contributed by atoms with Crippen LogP contribution in [-0.2, 0) is 0 Å². The zero-order chi connectivity index (χ0) is 16.2. The highest BCUT2D eigenvalue weighted by Gasteiger charge is 2.58. The van der Waals surface area contributed by atoms with Crippen molar-refractivity contribution in [2.75, 3.05) is 0 Å². The highest BCUT2D eigenvalue weighted by molar-refractivity contribution is 5.31. The normalized spacial score (nSPS) is 48.7. The molecule has 0 N–H and O–H groups in total. The van der Waals surface area contributed by atoms with Crippen molar-refractivity contribution in [1.82, 2.24) is 0 Å². The van der Waals surface area contributed by atoms with Crippen molar-refractivity contribution in [3.05, 3.63) is 23.8 Å². The molecular formula is C21H30F2. The Bertz CT molecular complexity index is 534. The van der Waals surface area contributed by atoms with Gasteiger partial charge in [-0.25, -0.2) is 8.78 Å². The molecule has 23 heavy (non-hydrogen) atoms. The van der Waals surface area contributed by atoms with Crippen LogP contribution in [0.4, 0.5) is 8.78 Å². The van der Waals surface area contributed by atoms with E-state index in [1.165, 1.54) is 25.7 Å². The largest absolute Gasteiger partial charge is 0.238 e. The first-order valence-electron chi connectivity index (χ1n) is 9.60. The lowest BCUT2D eigenvalue weighted by Crippen LogP contribution is -2.49. The number of fused-ring (bicyclic) bond motifs is 5. The molecule has 4 rings (SSSR count). The molecule has 0 unspecified atom stereocenters. The second kappa shape index (κ2) is 5.43. The molecule has 0 aliphatic heterocycles. The van der Waals surface area contributed by atoms with E-state index in [2.05, 4.69) is 32.1 Å². The van der Waals surface area contributed by atoms with Crippen molar-refractivity contribution < 1.29 is 8.78 Å². The zero-order valence-corrected chi connectivity index (χ0v) is 14.5. The summed E-state index contributed by atoms with van der Waals surface area (Å²) in [6.07, 6.45) is 13.5. The smallest absolute Gasteiger partial charge is 0.211 e. The molecule has 3 saturated carbocycles. The quantitative estimate of drug-likeness (QED) is 0.517. The molecule has 0 nitrogen and oxygen atoms in total. The van der Waals surface area contributed by atoms with Crippen molar-refractivity contribution in [2.24, 2.45) is 34.5 Å². The lowest BCUT2D eigenvalue weighted by Gasteiger charge is -2.57. The van der Waals surface area contributed by atoms with E-state index in [-0.39, 0.29) is 23.2 Å². The number of alkyl halides is 2. The van der Waals surface area contributed by atoms with Crippen LogP contribution in [0.3, 0.4) is 0 Å². The van der Waals surface area contributed by atoms with Crippen molar-refractivity contribution in [1.29, 1.82) is 0 Å². The first-order chi connectivity index (χ1) is 10.9. The number of halogens is 2. The van der Waals surface area contributed by atoms with Crippen LogP contribution in [0.1, 0.15) is 65.2 Å². The molecule has 0 radical (unpaired) electrons. The maximum atomic E-state index is 13.0. The van der Waals surface area contributed by atoms with E-state index < -0.39 is 6.43 Å². The fourth-order valence-corrected chi connectivity index (χ4v) is 7.05. The topological polar surface area (TPSA) is 0 Å². The Balaban J connectivity index is 1.62. The fourth-order valence-electron chi connectivity index (χ4n) is 7.05. The van der Waals surface area contributed by atoms with Gasteiger partial charge in [0.2, 0.25) is 6.43 Å². The van der Waals surface area contributed by atoms with Gasteiger partial charge in [0.25, 0.3) is 0 Å². The van der Waals surface area contributed by atoms with E-state index in [0.717, 1.165) is 31.1 Å². The van der Waals surface area contributed by atoms with Gasteiger partial charge in [-0.3, -0.25) is 0 Å². The molecular weight excluding hydrogens is 290 g/mol. The summed E-state index contributed by atoms with van der Waals surface area (Å²) in [6.45, 7) is 4.79. The summed E-state index contributed by atoms with van der Waals surface area (Å²) in [4.78, 5) is 0. The molecule has 6 atom stereocenters. The molecule has 0 heterocycles. The molecule has 3 fully saturated rings. The fraction of sp³-hybridized carbons (Fsp3) is 0.810. The van der Waals surface area contributed by atoms with Gasteiger partial charge < -0.3 is 0 Å². The monoisotopic (exact) mass is 320 g/mol. The standard InChI is InChI=1S/C21H30F2/c1-20-11-4-3-5-14(20)6-8-16-17-9-7-15(13-19(22)23)21(17,2)12-10-18(16)20/h4-5,11,15-19H,3,6-10,12-13H2,1-2H3/t15-,16+,17+,18+,20+,21-/m1/s1. The predicted molar refractivity (Wildman–Crippen MR) is 90.3 cm³/mol. The van der Waals surface area contributed by atoms with E-state index in [9.17, 15) is 8.78 Å². The lowest BCUT2D eigenvalue weighted by molar-refractivity contribution is -0.0441. The molecule has 0 bridgehead atoms. The minimum Gasteiger partial charge on any atom is -0.211 e. The summed E-state index contributed by atoms with van der Waals surface area (Å²) >= 11 is 0. The van der Waals surface area contributed by atoms with Gasteiger partial charge in [0.15, 0.2) is 0 Å². The van der Waals surface area contributed by atoms with E-state index >= 15 is 0 Å². The van der Waals surface area contributed by atoms with Gasteiger partial charge in [-0.1, -0.05) is 37.6 Å². The van der Waals surface area contributed by atoms with Gasteiger partial charge in [-0.2, -0.15) is 0 Å². The Kier molecular flexibility index (Phi) is 3.74. The van der Waals surface area contributed by atoms with Crippen molar-refractivity contribution in [3.63, 3.8) is 0 Å². The average Bonchev–Trinajstić information content (AvgIpc) is 2.83. The Morgan fingerprint density at radius 3 is 2.74 bits per heavy atom. The van der Waals surface area contributed by atoms with Crippen molar-refractivity contribution in [2.45, 2.75) is 71.6 Å². The number of hydrogen-bond acceptors (Lipinski definition) is 0. The molecule has 0 aromatic heterocycles. The highest BCUT2D eigenvalue weighted by Crippen LogP contribution is 2.66. The molecule has 0 aromatic carbocycles. The molecule has 128 valence electrons. The van der Waals surface area contributed by atoms with E-state index in [1.54, 1.807) is 5.57 Å². The Morgan fingerprint density at radius 2 is 1.96 bits per heavy atom. The Morgan fingerprint density at radius 1 is 1.13 bits per heavy atom. The average molecular weight is 320 g/mol. The molecule has 4 aliphatic rings. The third kappa shape index (κ3) is 2.27. The maximum absolute atomic E-state index is 13.0. The number of allylic oxidation sites excluding steroid dienone is 4. The van der Waals surface area contributed by atoms with Gasteiger partial charge in [-0.05, 0) is 74.0 Å². The van der Waals surface area contributed by atoms with Crippen LogP contribution in [0.25, 0.3) is 0 Å². The SMILES string of the molecule is C[C@]12CC[C@H]3[C@@H](CCC4=CCC=C[C@@]43C)[C@@H]1CC[C@@H]2CC(F)F. The summed E-state index contributed by atoms with van der Waals surface area (Å²) in [5.74, 6) is 2.42. The van der Waals surface area contributed by atoms with Gasteiger partial charge >= 0.3 is 0 Å².